The number of hydrogen-bond acceptors (Lipinski definition) is 5. The molecule has 14 aromatic carbocycles. The van der Waals surface area contributed by atoms with Gasteiger partial charge in [-0.2, -0.15) is 0 Å². The maximum atomic E-state index is 2.66. The second-order valence-electron chi connectivity index (χ2n) is 29.2. The third kappa shape index (κ3) is 9.48. The lowest BCUT2D eigenvalue weighted by Crippen LogP contribution is -2.64. The summed E-state index contributed by atoms with van der Waals surface area (Å²) in [4.78, 5) is 12.7. The molecule has 0 unspecified atom stereocenters. The molecular weight excluding hydrogens is 1230 g/mol. The summed E-state index contributed by atoms with van der Waals surface area (Å²) < 4.78 is 2.56. The van der Waals surface area contributed by atoms with Gasteiger partial charge in [0.15, 0.2) is 0 Å². The van der Waals surface area contributed by atoms with Gasteiger partial charge in [0, 0.05) is 88.6 Å². The van der Waals surface area contributed by atoms with Crippen LogP contribution in [0.25, 0.3) is 49.7 Å². The Morgan fingerprint density at radius 2 is 0.760 bits per heavy atom. The Hall–Kier alpha value is -11.4. The second kappa shape index (κ2) is 23.1. The predicted octanol–water partition coefficient (Wildman–Crippen LogP) is 21.0. The second-order valence-corrected chi connectivity index (χ2v) is 30.3. The molecule has 0 amide bonds. The predicted molar refractivity (Wildman–Crippen MR) is 428 cm³/mol. The fourth-order valence-corrected chi connectivity index (χ4v) is 17.9. The van der Waals surface area contributed by atoms with Crippen molar-refractivity contribution in [3.05, 3.63) is 333 Å². The lowest BCUT2D eigenvalue weighted by Gasteiger charge is -2.46. The smallest absolute Gasteiger partial charge is 0.252 e. The van der Waals surface area contributed by atoms with E-state index in [1.54, 1.807) is 0 Å². The van der Waals surface area contributed by atoms with Crippen LogP contribution in [-0.2, 0) is 10.8 Å². The Labute approximate surface area is 591 Å². The molecule has 4 aliphatic heterocycles. The van der Waals surface area contributed by atoms with E-state index >= 15 is 0 Å². The van der Waals surface area contributed by atoms with Crippen LogP contribution in [0.3, 0.4) is 0 Å². The zero-order valence-electron chi connectivity index (χ0n) is 56.9. The van der Waals surface area contributed by atoms with Gasteiger partial charge in [-0.25, -0.2) is 0 Å². The van der Waals surface area contributed by atoms with Gasteiger partial charge in [-0.15, -0.1) is 0 Å². The molecule has 0 fully saturated rings. The summed E-state index contributed by atoms with van der Waals surface area (Å²) >= 11 is 1.94. The van der Waals surface area contributed by atoms with Crippen LogP contribution in [0.5, 0.6) is 0 Å². The molecule has 5 nitrogen and oxygen atoms in total. The molecule has 476 valence electrons. The van der Waals surface area contributed by atoms with Gasteiger partial charge in [0.1, 0.15) is 0 Å². The van der Waals surface area contributed by atoms with Gasteiger partial charge in [0.25, 0.3) is 6.71 Å². The molecule has 0 saturated carbocycles. The number of anilines is 12. The highest BCUT2D eigenvalue weighted by molar-refractivity contribution is 8.00. The normalized spacial score (nSPS) is 13.4. The third-order valence-corrected chi connectivity index (χ3v) is 22.4. The summed E-state index contributed by atoms with van der Waals surface area (Å²) in [5, 5.41) is 2.55. The molecule has 0 N–H and O–H groups in total. The summed E-state index contributed by atoms with van der Waals surface area (Å²) in [6.45, 7) is 13.7. The third-order valence-electron chi connectivity index (χ3n) is 21.3. The molecule has 100 heavy (non-hydrogen) atoms. The van der Waals surface area contributed by atoms with E-state index in [0.717, 1.165) is 84.8 Å². The van der Waals surface area contributed by atoms with Crippen LogP contribution in [0, 0.1) is 0 Å². The first kappa shape index (κ1) is 59.8. The van der Waals surface area contributed by atoms with E-state index in [2.05, 4.69) is 387 Å². The van der Waals surface area contributed by atoms with Gasteiger partial charge in [-0.05, 0) is 176 Å². The molecule has 4 aliphatic rings. The number of benzene rings is 14. The minimum atomic E-state index is -0.168. The Kier molecular flexibility index (Phi) is 13.8. The number of hydrogen-bond donors (Lipinski definition) is 0. The zero-order valence-corrected chi connectivity index (χ0v) is 57.7. The van der Waals surface area contributed by atoms with E-state index in [1.807, 2.05) is 11.8 Å². The topological polar surface area (TPSA) is 17.9 Å². The van der Waals surface area contributed by atoms with Crippen molar-refractivity contribution in [3.8, 4) is 27.9 Å². The van der Waals surface area contributed by atoms with Crippen molar-refractivity contribution in [3.63, 3.8) is 0 Å². The van der Waals surface area contributed by atoms with Crippen LogP contribution in [0.4, 0.5) is 68.2 Å². The van der Waals surface area contributed by atoms with Crippen LogP contribution in [-0.4, -0.2) is 18.0 Å². The Balaban J connectivity index is 0.910. The highest BCUT2D eigenvalue weighted by Gasteiger charge is 2.48. The lowest BCUT2D eigenvalue weighted by atomic mass is 9.31. The Morgan fingerprint density at radius 3 is 1.33 bits per heavy atom. The highest BCUT2D eigenvalue weighted by atomic mass is 32.2. The molecule has 15 aromatic rings. The standard InChI is InChI=1S/C92H71B2N5S/c1-91(2,3)62-48-50-79-71(52-62)72-53-63(92(4,5)6)49-51-80(72)98(79)68-56-86-90-88(57-68)100-87-59-83-75(58-76(87)94(90)74-43-25-29-47-82(74)97(86)66-38-20-11-21-39-66)93-73-42-24-28-46-81(73)96(65-36-18-10-19-37-65)84-54-67(55-85(89(84)93)99(83)78-45-27-23-41-70(78)61-32-14-8-15-33-61)95(64-34-16-9-17-35-64)77-44-26-22-40-69(77)60-30-12-7-13-31-60/h7-59H,1-6H3. The van der Waals surface area contributed by atoms with Gasteiger partial charge >= 0.3 is 0 Å². The van der Waals surface area contributed by atoms with E-state index in [-0.39, 0.29) is 24.3 Å². The fraction of sp³-hybridized carbons (Fsp3) is 0.0870. The van der Waals surface area contributed by atoms with Crippen molar-refractivity contribution >= 4 is 148 Å². The van der Waals surface area contributed by atoms with Gasteiger partial charge < -0.3 is 24.2 Å². The summed E-state index contributed by atoms with van der Waals surface area (Å²) in [6, 6.07) is 121. The summed E-state index contributed by atoms with van der Waals surface area (Å²) in [5.74, 6) is 0. The highest BCUT2D eigenvalue weighted by Crippen LogP contribution is 2.53. The molecule has 1 aromatic heterocycles. The van der Waals surface area contributed by atoms with Gasteiger partial charge in [0.2, 0.25) is 6.71 Å². The van der Waals surface area contributed by atoms with Crippen molar-refractivity contribution in [2.75, 3.05) is 19.6 Å². The fourth-order valence-electron chi connectivity index (χ4n) is 16.6. The summed E-state index contributed by atoms with van der Waals surface area (Å²) in [5.41, 5.74) is 32.0. The SMILES string of the molecule is CC(C)(C)c1ccc2c(c1)c1cc(C(C)(C)C)ccc1n2-c1cc2c3c(c1)N(c1ccccc1)c1ccccc1B3c1cc3c(cc1S2)N(c1ccccc1-c1ccccc1)c1cc(N(c2ccccc2)c2ccccc2-c2ccccc2)cc2c1B3c1ccccc1N2c1ccccc1. The summed E-state index contributed by atoms with van der Waals surface area (Å²) in [7, 11) is 0. The van der Waals surface area contributed by atoms with Crippen molar-refractivity contribution in [1.29, 1.82) is 0 Å². The van der Waals surface area contributed by atoms with E-state index < -0.39 is 0 Å². The lowest BCUT2D eigenvalue weighted by molar-refractivity contribution is 0.590. The molecule has 0 atom stereocenters. The van der Waals surface area contributed by atoms with Crippen molar-refractivity contribution in [1.82, 2.24) is 4.57 Å². The number of para-hydroxylation sites is 7. The minimum Gasteiger partial charge on any atom is -0.311 e. The molecule has 0 bridgehead atoms. The number of nitrogens with zero attached hydrogens (tertiary/aromatic N) is 5. The number of rotatable bonds is 9. The van der Waals surface area contributed by atoms with Crippen LogP contribution < -0.4 is 52.4 Å². The van der Waals surface area contributed by atoms with E-state index in [4.69, 9.17) is 0 Å². The molecule has 0 aliphatic carbocycles. The molecule has 19 rings (SSSR count). The maximum Gasteiger partial charge on any atom is 0.252 e. The van der Waals surface area contributed by atoms with E-state index in [9.17, 15) is 0 Å². The molecule has 0 saturated heterocycles. The number of aromatic nitrogens is 1. The Bertz CT molecular complexity index is 5690. The van der Waals surface area contributed by atoms with Gasteiger partial charge in [-0.3, -0.25) is 0 Å². The molecular formula is C92H71B2N5S. The van der Waals surface area contributed by atoms with Crippen molar-refractivity contribution in [2.24, 2.45) is 0 Å². The first-order valence-corrected chi connectivity index (χ1v) is 35.9. The monoisotopic (exact) mass is 1300 g/mol. The Morgan fingerprint density at radius 1 is 0.300 bits per heavy atom. The zero-order chi connectivity index (χ0) is 67.1. The van der Waals surface area contributed by atoms with Crippen LogP contribution >= 0.6 is 11.8 Å². The maximum absolute atomic E-state index is 2.66. The molecule has 8 heteroatoms. The summed E-state index contributed by atoms with van der Waals surface area (Å²) in [6.07, 6.45) is 0. The van der Waals surface area contributed by atoms with Crippen LogP contribution in [0.1, 0.15) is 52.7 Å². The van der Waals surface area contributed by atoms with E-state index in [1.165, 1.54) is 86.9 Å². The first-order valence-electron chi connectivity index (χ1n) is 35.0. The quantitative estimate of drug-likeness (QED) is 0.134. The molecule has 0 spiro atoms. The molecule has 5 heterocycles. The van der Waals surface area contributed by atoms with Crippen LogP contribution in [0.15, 0.2) is 331 Å². The average molecular weight is 1300 g/mol. The van der Waals surface area contributed by atoms with Gasteiger partial charge in [0.05, 0.1) is 28.1 Å². The number of fused-ring (bicyclic) bond motifs is 11. The van der Waals surface area contributed by atoms with Gasteiger partial charge in [-0.1, -0.05) is 265 Å². The minimum absolute atomic E-state index is 0.0337. The van der Waals surface area contributed by atoms with Crippen molar-refractivity contribution < 1.29 is 0 Å². The average Bonchev–Trinajstić information content (AvgIpc) is 0.727. The van der Waals surface area contributed by atoms with Crippen LogP contribution in [0.2, 0.25) is 0 Å². The molecule has 0 radical (unpaired) electrons. The first-order chi connectivity index (χ1) is 48.9. The van der Waals surface area contributed by atoms with Crippen molar-refractivity contribution in [2.45, 2.75) is 62.2 Å². The largest absolute Gasteiger partial charge is 0.311 e. The van der Waals surface area contributed by atoms with E-state index in [0.29, 0.717) is 0 Å².